The quantitative estimate of drug-likeness (QED) is 0.833. The van der Waals surface area contributed by atoms with E-state index < -0.39 is 11.6 Å². The molecule has 1 amide bonds. The number of carbonyl (C=O) groups is 1. The van der Waals surface area contributed by atoms with Gasteiger partial charge in [0.05, 0.1) is 16.8 Å². The number of nitrogens with one attached hydrogen (secondary N) is 1. The Balaban J connectivity index is 1.43. The van der Waals surface area contributed by atoms with Gasteiger partial charge in [0.15, 0.2) is 16.8 Å². The number of nitrogens with zero attached hydrogens (tertiary/aromatic N) is 2. The highest BCUT2D eigenvalue weighted by molar-refractivity contribution is 7.99. The topological polar surface area (TPSA) is 49.0 Å². The molecule has 2 fully saturated rings. The first-order valence-corrected chi connectivity index (χ1v) is 9.87. The molecule has 1 saturated carbocycles. The van der Waals surface area contributed by atoms with Crippen LogP contribution in [0, 0.1) is 17.6 Å². The summed E-state index contributed by atoms with van der Waals surface area (Å²) in [5.41, 5.74) is 0.818. The number of halogens is 2. The van der Waals surface area contributed by atoms with Gasteiger partial charge in [0, 0.05) is 24.7 Å². The number of likely N-dealkylation sites (tertiary alicyclic amines) is 1. The van der Waals surface area contributed by atoms with E-state index in [1.165, 1.54) is 37.4 Å². The summed E-state index contributed by atoms with van der Waals surface area (Å²) in [5, 5.41) is 0.519. The Kier molecular flexibility index (Phi) is 4.67. The van der Waals surface area contributed by atoms with Gasteiger partial charge in [-0.25, -0.2) is 13.8 Å². The van der Waals surface area contributed by atoms with Gasteiger partial charge in [-0.3, -0.25) is 4.79 Å². The second kappa shape index (κ2) is 6.94. The maximum absolute atomic E-state index is 13.3. The van der Waals surface area contributed by atoms with Crippen molar-refractivity contribution in [2.45, 2.75) is 49.7 Å². The molecule has 0 radical (unpaired) electrons. The molecular formula is C18H21F2N3OS. The molecule has 0 spiro atoms. The highest BCUT2D eigenvalue weighted by Gasteiger charge is 2.35. The summed E-state index contributed by atoms with van der Waals surface area (Å²) in [6.07, 6.45) is 7.17. The van der Waals surface area contributed by atoms with Gasteiger partial charge in [-0.1, -0.05) is 24.6 Å². The molecule has 1 aliphatic heterocycles. The third-order valence-electron chi connectivity index (χ3n) is 5.40. The smallest absolute Gasteiger partial charge is 0.233 e. The molecule has 4 rings (SSSR count). The molecular weight excluding hydrogens is 344 g/mol. The minimum absolute atomic E-state index is 0.138. The van der Waals surface area contributed by atoms with E-state index in [1.54, 1.807) is 0 Å². The monoisotopic (exact) mass is 365 g/mol. The molecule has 0 bridgehead atoms. The van der Waals surface area contributed by atoms with Crippen molar-refractivity contribution in [1.82, 2.24) is 14.9 Å². The van der Waals surface area contributed by atoms with Gasteiger partial charge < -0.3 is 9.88 Å². The number of benzene rings is 1. The number of aromatic amines is 1. The standard InChI is InChI=1S/C18H21F2N3OS/c19-12-8-14-15(9-13(12)20)22-18(21-14)25-10-17(24)23-7-3-5-11-4-1-2-6-16(11)23/h8-9,11,16H,1-7,10H2,(H,21,22). The number of hydrogen-bond acceptors (Lipinski definition) is 3. The van der Waals surface area contributed by atoms with Crippen LogP contribution in [0.15, 0.2) is 17.3 Å². The third kappa shape index (κ3) is 3.38. The molecule has 1 aromatic heterocycles. The van der Waals surface area contributed by atoms with Gasteiger partial charge in [-0.2, -0.15) is 0 Å². The average Bonchev–Trinajstić information content (AvgIpc) is 3.01. The van der Waals surface area contributed by atoms with Gasteiger partial charge in [0.25, 0.3) is 0 Å². The molecule has 134 valence electrons. The van der Waals surface area contributed by atoms with Gasteiger partial charge in [-0.05, 0) is 31.6 Å². The lowest BCUT2D eigenvalue weighted by Gasteiger charge is -2.44. The average molecular weight is 365 g/mol. The largest absolute Gasteiger partial charge is 0.339 e. The van der Waals surface area contributed by atoms with Gasteiger partial charge in [-0.15, -0.1) is 0 Å². The Hall–Kier alpha value is -1.63. The first-order valence-electron chi connectivity index (χ1n) is 8.89. The predicted molar refractivity (Wildman–Crippen MR) is 93.4 cm³/mol. The Morgan fingerprint density at radius 2 is 1.96 bits per heavy atom. The number of fused-ring (bicyclic) bond motifs is 2. The van der Waals surface area contributed by atoms with Crippen LogP contribution >= 0.6 is 11.8 Å². The SMILES string of the molecule is O=C(CSc1nc2cc(F)c(F)cc2[nH]1)N1CCCC2CCCCC21. The maximum Gasteiger partial charge on any atom is 0.233 e. The molecule has 4 nitrogen and oxygen atoms in total. The Bertz CT molecular complexity index is 753. The lowest BCUT2D eigenvalue weighted by Crippen LogP contribution is -2.50. The highest BCUT2D eigenvalue weighted by atomic mass is 32.2. The van der Waals surface area contributed by atoms with E-state index >= 15 is 0 Å². The molecule has 2 heterocycles. The lowest BCUT2D eigenvalue weighted by molar-refractivity contribution is -0.134. The van der Waals surface area contributed by atoms with Crippen LogP contribution in [0.1, 0.15) is 38.5 Å². The van der Waals surface area contributed by atoms with Crippen molar-refractivity contribution in [2.24, 2.45) is 5.92 Å². The van der Waals surface area contributed by atoms with Crippen LogP contribution in [0.2, 0.25) is 0 Å². The fraction of sp³-hybridized carbons (Fsp3) is 0.556. The van der Waals surface area contributed by atoms with Crippen LogP contribution in [0.3, 0.4) is 0 Å². The fourth-order valence-electron chi connectivity index (χ4n) is 4.20. The minimum Gasteiger partial charge on any atom is -0.339 e. The summed E-state index contributed by atoms with van der Waals surface area (Å²) in [5.74, 6) is -0.717. The molecule has 2 aromatic rings. The molecule has 7 heteroatoms. The van der Waals surface area contributed by atoms with Crippen molar-refractivity contribution >= 4 is 28.7 Å². The van der Waals surface area contributed by atoms with Gasteiger partial charge >= 0.3 is 0 Å². The number of imidazole rings is 1. The number of carbonyl (C=O) groups excluding carboxylic acids is 1. The molecule has 1 saturated heterocycles. The van der Waals surface area contributed by atoms with Crippen LogP contribution in [0.5, 0.6) is 0 Å². The number of thioether (sulfide) groups is 1. The normalized spacial score (nSPS) is 23.7. The Morgan fingerprint density at radius 1 is 1.20 bits per heavy atom. The zero-order chi connectivity index (χ0) is 17.4. The summed E-state index contributed by atoms with van der Waals surface area (Å²) < 4.78 is 26.6. The molecule has 1 aliphatic carbocycles. The summed E-state index contributed by atoms with van der Waals surface area (Å²) in [4.78, 5) is 21.9. The third-order valence-corrected chi connectivity index (χ3v) is 6.26. The Morgan fingerprint density at radius 3 is 2.84 bits per heavy atom. The van der Waals surface area contributed by atoms with Crippen LogP contribution in [-0.4, -0.2) is 39.1 Å². The van der Waals surface area contributed by atoms with Gasteiger partial charge in [0.1, 0.15) is 0 Å². The number of hydrogen-bond donors (Lipinski definition) is 1. The number of rotatable bonds is 3. The second-order valence-electron chi connectivity index (χ2n) is 6.96. The van der Waals surface area contributed by atoms with Crippen molar-refractivity contribution in [3.8, 4) is 0 Å². The first-order chi connectivity index (χ1) is 12.1. The van der Waals surface area contributed by atoms with Crippen LogP contribution in [0.25, 0.3) is 11.0 Å². The van der Waals surface area contributed by atoms with Crippen LogP contribution < -0.4 is 0 Å². The van der Waals surface area contributed by atoms with E-state index in [-0.39, 0.29) is 5.91 Å². The number of H-pyrrole nitrogens is 1. The van der Waals surface area contributed by atoms with E-state index in [1.807, 2.05) is 0 Å². The van der Waals surface area contributed by atoms with Crippen LogP contribution in [0.4, 0.5) is 8.78 Å². The summed E-state index contributed by atoms with van der Waals surface area (Å²) in [6.45, 7) is 0.844. The highest BCUT2D eigenvalue weighted by Crippen LogP contribution is 2.35. The van der Waals surface area contributed by atoms with Crippen molar-refractivity contribution in [3.63, 3.8) is 0 Å². The lowest BCUT2D eigenvalue weighted by atomic mass is 9.78. The van der Waals surface area contributed by atoms with Gasteiger partial charge in [0.2, 0.25) is 5.91 Å². The molecule has 1 aromatic carbocycles. The number of piperidine rings is 1. The maximum atomic E-state index is 13.3. The minimum atomic E-state index is -0.914. The zero-order valence-electron chi connectivity index (χ0n) is 13.9. The molecule has 1 N–H and O–H groups in total. The summed E-state index contributed by atoms with van der Waals surface area (Å²) in [7, 11) is 0. The van der Waals surface area contributed by atoms with E-state index in [0.717, 1.165) is 31.5 Å². The van der Waals surface area contributed by atoms with E-state index in [4.69, 9.17) is 0 Å². The second-order valence-corrected chi connectivity index (χ2v) is 7.92. The summed E-state index contributed by atoms with van der Waals surface area (Å²) in [6, 6.07) is 2.57. The first kappa shape index (κ1) is 16.8. The van der Waals surface area contributed by atoms with Crippen molar-refractivity contribution in [2.75, 3.05) is 12.3 Å². The number of aromatic nitrogens is 2. The molecule has 2 unspecified atom stereocenters. The van der Waals surface area contributed by atoms with Crippen molar-refractivity contribution in [3.05, 3.63) is 23.8 Å². The number of amides is 1. The summed E-state index contributed by atoms with van der Waals surface area (Å²) >= 11 is 1.30. The molecule has 25 heavy (non-hydrogen) atoms. The van der Waals surface area contributed by atoms with E-state index in [0.29, 0.717) is 33.9 Å². The van der Waals surface area contributed by atoms with E-state index in [2.05, 4.69) is 14.9 Å². The van der Waals surface area contributed by atoms with Crippen LogP contribution in [-0.2, 0) is 4.79 Å². The van der Waals surface area contributed by atoms with E-state index in [9.17, 15) is 13.6 Å². The Labute approximate surface area is 149 Å². The fourth-order valence-corrected chi connectivity index (χ4v) is 4.97. The predicted octanol–water partition coefficient (Wildman–Crippen LogP) is 4.11. The van der Waals surface area contributed by atoms with Crippen molar-refractivity contribution in [1.29, 1.82) is 0 Å². The van der Waals surface area contributed by atoms with Crippen molar-refractivity contribution < 1.29 is 13.6 Å². The molecule has 2 aliphatic rings. The molecule has 2 atom stereocenters. The zero-order valence-corrected chi connectivity index (χ0v) is 14.7.